The van der Waals surface area contributed by atoms with E-state index >= 15 is 0 Å². The predicted octanol–water partition coefficient (Wildman–Crippen LogP) is 2.66. The molecule has 0 amide bonds. The van der Waals surface area contributed by atoms with Crippen molar-refractivity contribution in [3.63, 3.8) is 0 Å². The van der Waals surface area contributed by atoms with Gasteiger partial charge in [0.1, 0.15) is 0 Å². The van der Waals surface area contributed by atoms with Crippen LogP contribution in [-0.2, 0) is 0 Å². The molecule has 0 aromatic heterocycles. The van der Waals surface area contributed by atoms with E-state index in [-0.39, 0.29) is 0 Å². The lowest BCUT2D eigenvalue weighted by molar-refractivity contribution is 0.655. The summed E-state index contributed by atoms with van der Waals surface area (Å²) in [5.74, 6) is 0. The van der Waals surface area contributed by atoms with Crippen molar-refractivity contribution in [2.45, 2.75) is 26.8 Å². The minimum atomic E-state index is 0.583. The monoisotopic (exact) mass is 204 g/mol. The first-order valence-electron chi connectivity index (χ1n) is 5.68. The van der Waals surface area contributed by atoms with Gasteiger partial charge in [-0.1, -0.05) is 6.07 Å². The van der Waals surface area contributed by atoms with Gasteiger partial charge in [0.2, 0.25) is 0 Å². The first-order chi connectivity index (χ1) is 7.09. The van der Waals surface area contributed by atoms with Crippen molar-refractivity contribution < 1.29 is 0 Å². The number of likely N-dealkylation sites (N-methyl/N-ethyl adjacent to an activating group) is 1. The summed E-state index contributed by atoms with van der Waals surface area (Å²) in [6.07, 6.45) is 0. The lowest BCUT2D eigenvalue weighted by atomic mass is 10.1. The Morgan fingerprint density at radius 1 is 1.13 bits per heavy atom. The third-order valence-electron chi connectivity index (χ3n) is 3.15. The molecule has 15 heavy (non-hydrogen) atoms. The molecule has 0 fully saturated rings. The first-order valence-corrected chi connectivity index (χ1v) is 5.68. The van der Waals surface area contributed by atoms with E-state index in [1.807, 2.05) is 0 Å². The third-order valence-corrected chi connectivity index (χ3v) is 3.15. The fourth-order valence-electron chi connectivity index (χ4n) is 2.22. The molecule has 0 spiro atoms. The van der Waals surface area contributed by atoms with Crippen LogP contribution in [0, 0.1) is 6.92 Å². The summed E-state index contributed by atoms with van der Waals surface area (Å²) in [5.41, 5.74) is 4.09. The molecule has 0 saturated carbocycles. The van der Waals surface area contributed by atoms with Crippen molar-refractivity contribution >= 4 is 11.4 Å². The van der Waals surface area contributed by atoms with Crippen LogP contribution in [0.1, 0.15) is 19.4 Å². The van der Waals surface area contributed by atoms with E-state index in [4.69, 9.17) is 0 Å². The highest BCUT2D eigenvalue weighted by molar-refractivity contribution is 5.74. The number of hydrogen-bond acceptors (Lipinski definition) is 2. The molecule has 1 aliphatic rings. The zero-order valence-corrected chi connectivity index (χ0v) is 10.1. The average Bonchev–Trinajstić information content (AvgIpc) is 2.17. The van der Waals surface area contributed by atoms with Gasteiger partial charge in [-0.05, 0) is 38.5 Å². The molecule has 0 N–H and O–H groups in total. The maximum Gasteiger partial charge on any atom is 0.0609 e. The fraction of sp³-hybridized carbons (Fsp3) is 0.538. The second kappa shape index (κ2) is 3.76. The number of anilines is 2. The summed E-state index contributed by atoms with van der Waals surface area (Å²) in [6, 6.07) is 7.31. The molecule has 0 saturated heterocycles. The van der Waals surface area contributed by atoms with Gasteiger partial charge in [0.05, 0.1) is 11.4 Å². The summed E-state index contributed by atoms with van der Waals surface area (Å²) in [5, 5.41) is 0. The Balaban J connectivity index is 2.46. The van der Waals surface area contributed by atoms with E-state index in [0.29, 0.717) is 6.04 Å². The van der Waals surface area contributed by atoms with Gasteiger partial charge in [0, 0.05) is 26.2 Å². The van der Waals surface area contributed by atoms with Crippen molar-refractivity contribution in [2.75, 3.05) is 29.9 Å². The number of aryl methyl sites for hydroxylation is 1. The van der Waals surface area contributed by atoms with Gasteiger partial charge in [-0.2, -0.15) is 0 Å². The molecule has 0 atom stereocenters. The lowest BCUT2D eigenvalue weighted by Crippen LogP contribution is -2.42. The number of hydrogen-bond donors (Lipinski definition) is 0. The Morgan fingerprint density at radius 3 is 2.53 bits per heavy atom. The van der Waals surface area contributed by atoms with Gasteiger partial charge in [-0.25, -0.2) is 0 Å². The first kappa shape index (κ1) is 10.3. The molecule has 0 radical (unpaired) electrons. The van der Waals surface area contributed by atoms with Crippen molar-refractivity contribution in [1.82, 2.24) is 0 Å². The van der Waals surface area contributed by atoms with E-state index in [9.17, 15) is 0 Å². The standard InChI is InChI=1S/C13H20N2/c1-10(2)15-8-7-14(4)12-6-5-11(3)9-13(12)15/h5-6,9-10H,7-8H2,1-4H3. The second-order valence-electron chi connectivity index (χ2n) is 4.70. The molecule has 1 aromatic carbocycles. The van der Waals surface area contributed by atoms with E-state index < -0.39 is 0 Å². The molecule has 82 valence electrons. The molecule has 0 aliphatic carbocycles. The van der Waals surface area contributed by atoms with Gasteiger partial charge in [0.25, 0.3) is 0 Å². The van der Waals surface area contributed by atoms with Crippen LogP contribution in [0.25, 0.3) is 0 Å². The number of rotatable bonds is 1. The summed E-state index contributed by atoms with van der Waals surface area (Å²) >= 11 is 0. The minimum Gasteiger partial charge on any atom is -0.371 e. The average molecular weight is 204 g/mol. The molecule has 1 aromatic rings. The normalized spacial score (nSPS) is 15.8. The number of nitrogens with zero attached hydrogens (tertiary/aromatic N) is 2. The Hall–Kier alpha value is -1.18. The van der Waals surface area contributed by atoms with Crippen molar-refractivity contribution in [3.05, 3.63) is 23.8 Å². The highest BCUT2D eigenvalue weighted by atomic mass is 15.3. The van der Waals surface area contributed by atoms with E-state index in [0.717, 1.165) is 13.1 Å². The molecular weight excluding hydrogens is 184 g/mol. The van der Waals surface area contributed by atoms with E-state index in [2.05, 4.69) is 55.8 Å². The van der Waals surface area contributed by atoms with Crippen molar-refractivity contribution in [3.8, 4) is 0 Å². The second-order valence-corrected chi connectivity index (χ2v) is 4.70. The van der Waals surface area contributed by atoms with Gasteiger partial charge >= 0.3 is 0 Å². The molecule has 1 heterocycles. The highest BCUT2D eigenvalue weighted by Crippen LogP contribution is 2.33. The zero-order chi connectivity index (χ0) is 11.0. The van der Waals surface area contributed by atoms with Crippen molar-refractivity contribution in [2.24, 2.45) is 0 Å². The van der Waals surface area contributed by atoms with E-state index in [1.54, 1.807) is 0 Å². The van der Waals surface area contributed by atoms with E-state index in [1.165, 1.54) is 16.9 Å². The van der Waals surface area contributed by atoms with Gasteiger partial charge < -0.3 is 9.80 Å². The summed E-state index contributed by atoms with van der Waals surface area (Å²) in [6.45, 7) is 8.93. The van der Waals surface area contributed by atoms with Gasteiger partial charge in [-0.3, -0.25) is 0 Å². The van der Waals surface area contributed by atoms with Gasteiger partial charge in [0.15, 0.2) is 0 Å². The maximum absolute atomic E-state index is 2.49. The van der Waals surface area contributed by atoms with Crippen LogP contribution >= 0.6 is 0 Å². The fourth-order valence-corrected chi connectivity index (χ4v) is 2.22. The molecule has 0 bridgehead atoms. The number of benzene rings is 1. The van der Waals surface area contributed by atoms with Crippen LogP contribution in [-0.4, -0.2) is 26.2 Å². The number of fused-ring (bicyclic) bond motifs is 1. The van der Waals surface area contributed by atoms with Crippen LogP contribution in [0.5, 0.6) is 0 Å². The largest absolute Gasteiger partial charge is 0.371 e. The lowest BCUT2D eigenvalue weighted by Gasteiger charge is -2.39. The Morgan fingerprint density at radius 2 is 1.87 bits per heavy atom. The Bertz CT molecular complexity index is 358. The van der Waals surface area contributed by atoms with Crippen LogP contribution < -0.4 is 9.80 Å². The molecular formula is C13H20N2. The maximum atomic E-state index is 2.49. The van der Waals surface area contributed by atoms with Crippen molar-refractivity contribution in [1.29, 1.82) is 0 Å². The topological polar surface area (TPSA) is 6.48 Å². The molecule has 2 heteroatoms. The van der Waals surface area contributed by atoms with Crippen LogP contribution in [0.15, 0.2) is 18.2 Å². The molecule has 2 nitrogen and oxygen atoms in total. The smallest absolute Gasteiger partial charge is 0.0609 e. The predicted molar refractivity (Wildman–Crippen MR) is 66.9 cm³/mol. The highest BCUT2D eigenvalue weighted by Gasteiger charge is 2.21. The Labute approximate surface area is 92.5 Å². The minimum absolute atomic E-state index is 0.583. The molecule has 0 unspecified atom stereocenters. The molecule has 1 aliphatic heterocycles. The quantitative estimate of drug-likeness (QED) is 0.694. The molecule has 2 rings (SSSR count). The van der Waals surface area contributed by atoms with Crippen LogP contribution in [0.4, 0.5) is 11.4 Å². The zero-order valence-electron chi connectivity index (χ0n) is 10.1. The SMILES string of the molecule is Cc1ccc2c(c1)N(C(C)C)CCN2C. The van der Waals surface area contributed by atoms with Gasteiger partial charge in [-0.15, -0.1) is 0 Å². The third kappa shape index (κ3) is 1.81. The summed E-state index contributed by atoms with van der Waals surface area (Å²) < 4.78 is 0. The summed E-state index contributed by atoms with van der Waals surface area (Å²) in [4.78, 5) is 4.83. The van der Waals surface area contributed by atoms with Crippen LogP contribution in [0.3, 0.4) is 0 Å². The summed E-state index contributed by atoms with van der Waals surface area (Å²) in [7, 11) is 2.17. The van der Waals surface area contributed by atoms with Crippen LogP contribution in [0.2, 0.25) is 0 Å². The Kier molecular flexibility index (Phi) is 2.59.